The maximum Gasteiger partial charge on any atom is 0.142 e. The fourth-order valence-electron chi connectivity index (χ4n) is 2.38. The number of unbranched alkanes of at least 4 members (excludes halogenated alkanes) is 7. The lowest BCUT2D eigenvalue weighted by Gasteiger charge is -2.12. The van der Waals surface area contributed by atoms with Gasteiger partial charge in [-0.1, -0.05) is 64.0 Å². The minimum absolute atomic E-state index is 0.719. The summed E-state index contributed by atoms with van der Waals surface area (Å²) in [6.45, 7) is 6.05. The van der Waals surface area contributed by atoms with Gasteiger partial charge in [-0.05, 0) is 25.5 Å². The molecule has 0 radical (unpaired) electrons. The minimum atomic E-state index is 0.719. The summed E-state index contributed by atoms with van der Waals surface area (Å²) in [6, 6.07) is 8.19. The average Bonchev–Trinajstić information content (AvgIpc) is 2.47. The van der Waals surface area contributed by atoms with Crippen molar-refractivity contribution in [1.82, 2.24) is 0 Å². The van der Waals surface area contributed by atoms with Gasteiger partial charge >= 0.3 is 0 Å². The monoisotopic (exact) mass is 277 g/mol. The summed E-state index contributed by atoms with van der Waals surface area (Å²) < 4.78 is 5.61. The van der Waals surface area contributed by atoms with Gasteiger partial charge in [-0.25, -0.2) is 0 Å². The highest BCUT2D eigenvalue weighted by molar-refractivity contribution is 5.56. The molecule has 0 saturated carbocycles. The van der Waals surface area contributed by atoms with Crippen molar-refractivity contribution in [2.45, 2.75) is 65.2 Å². The molecular formula is C18H31NO. The van der Waals surface area contributed by atoms with E-state index in [0.29, 0.717) is 0 Å². The third kappa shape index (κ3) is 7.42. The Bertz CT molecular complexity index is 338. The Balaban J connectivity index is 2.06. The van der Waals surface area contributed by atoms with Crippen LogP contribution < -0.4 is 10.1 Å². The minimum Gasteiger partial charge on any atom is -0.492 e. The van der Waals surface area contributed by atoms with Crippen LogP contribution in [-0.2, 0) is 0 Å². The molecule has 0 aliphatic rings. The molecule has 114 valence electrons. The lowest BCUT2D eigenvalue weighted by molar-refractivity contribution is 0.341. The zero-order chi connectivity index (χ0) is 14.5. The molecule has 0 bridgehead atoms. The average molecular weight is 277 g/mol. The molecule has 2 nitrogen and oxygen atoms in total. The van der Waals surface area contributed by atoms with Gasteiger partial charge in [0.05, 0.1) is 12.3 Å². The van der Waals surface area contributed by atoms with Gasteiger partial charge < -0.3 is 10.1 Å². The lowest BCUT2D eigenvalue weighted by atomic mass is 10.1. The number of ether oxygens (including phenoxy) is 1. The topological polar surface area (TPSA) is 21.3 Å². The first-order valence-electron chi connectivity index (χ1n) is 8.34. The van der Waals surface area contributed by atoms with Gasteiger partial charge in [-0.2, -0.15) is 0 Å². The van der Waals surface area contributed by atoms with E-state index in [0.717, 1.165) is 24.6 Å². The first-order chi connectivity index (χ1) is 9.88. The first kappa shape index (κ1) is 16.9. The van der Waals surface area contributed by atoms with Crippen molar-refractivity contribution in [2.24, 2.45) is 0 Å². The Kier molecular flexibility index (Phi) is 9.81. The Morgan fingerprint density at radius 1 is 0.850 bits per heavy atom. The highest BCUT2D eigenvalue weighted by Crippen LogP contribution is 2.23. The van der Waals surface area contributed by atoms with Crippen molar-refractivity contribution < 1.29 is 4.74 Å². The van der Waals surface area contributed by atoms with Crippen LogP contribution in [0.25, 0.3) is 0 Å². The van der Waals surface area contributed by atoms with Crippen molar-refractivity contribution in [3.8, 4) is 5.75 Å². The molecule has 0 spiro atoms. The molecular weight excluding hydrogens is 246 g/mol. The highest BCUT2D eigenvalue weighted by atomic mass is 16.5. The molecule has 1 aromatic rings. The predicted octanol–water partition coefficient (Wildman–Crippen LogP) is 5.64. The number of para-hydroxylation sites is 2. The number of benzene rings is 1. The van der Waals surface area contributed by atoms with E-state index in [-0.39, 0.29) is 0 Å². The van der Waals surface area contributed by atoms with Crippen molar-refractivity contribution in [1.29, 1.82) is 0 Å². The number of rotatable bonds is 12. The molecule has 2 heteroatoms. The maximum absolute atomic E-state index is 5.61. The second-order valence-corrected chi connectivity index (χ2v) is 5.33. The molecule has 1 N–H and O–H groups in total. The van der Waals surface area contributed by atoms with E-state index >= 15 is 0 Å². The zero-order valence-electron chi connectivity index (χ0n) is 13.3. The summed E-state index contributed by atoms with van der Waals surface area (Å²) in [6.07, 6.45) is 10.9. The van der Waals surface area contributed by atoms with Crippen LogP contribution in [0, 0.1) is 0 Å². The van der Waals surface area contributed by atoms with Gasteiger partial charge in [0.1, 0.15) is 5.75 Å². The van der Waals surface area contributed by atoms with Crippen molar-refractivity contribution >= 4 is 5.69 Å². The van der Waals surface area contributed by atoms with Gasteiger partial charge in [-0.3, -0.25) is 0 Å². The zero-order valence-corrected chi connectivity index (χ0v) is 13.3. The fraction of sp³-hybridized carbons (Fsp3) is 0.667. The van der Waals surface area contributed by atoms with Crippen molar-refractivity contribution in [3.63, 3.8) is 0 Å². The summed E-state index contributed by atoms with van der Waals surface area (Å²) in [7, 11) is 0. The first-order valence-corrected chi connectivity index (χ1v) is 8.34. The van der Waals surface area contributed by atoms with Gasteiger partial charge in [0.25, 0.3) is 0 Å². The molecule has 1 rings (SSSR count). The Hall–Kier alpha value is -1.18. The van der Waals surface area contributed by atoms with Crippen molar-refractivity contribution in [2.75, 3.05) is 18.5 Å². The van der Waals surface area contributed by atoms with Crippen molar-refractivity contribution in [3.05, 3.63) is 24.3 Å². The third-order valence-corrected chi connectivity index (χ3v) is 3.53. The van der Waals surface area contributed by atoms with Crippen LogP contribution in [0.3, 0.4) is 0 Å². The summed E-state index contributed by atoms with van der Waals surface area (Å²) in [5, 5.41) is 3.48. The van der Waals surface area contributed by atoms with Gasteiger partial charge in [0, 0.05) is 6.54 Å². The van der Waals surface area contributed by atoms with E-state index in [1.807, 2.05) is 19.1 Å². The maximum atomic E-state index is 5.61. The standard InChI is InChI=1S/C18H31NO/c1-3-5-6-7-8-9-10-13-16-19-17-14-11-12-15-18(17)20-4-2/h11-12,14-15,19H,3-10,13,16H2,1-2H3. The summed E-state index contributed by atoms with van der Waals surface area (Å²) in [4.78, 5) is 0. The molecule has 0 unspecified atom stereocenters. The van der Waals surface area contributed by atoms with Crippen LogP contribution >= 0.6 is 0 Å². The molecule has 0 atom stereocenters. The largest absolute Gasteiger partial charge is 0.492 e. The van der Waals surface area contributed by atoms with E-state index in [4.69, 9.17) is 4.74 Å². The number of hydrogen-bond donors (Lipinski definition) is 1. The summed E-state index contributed by atoms with van der Waals surface area (Å²) in [5.74, 6) is 0.967. The molecule has 0 aliphatic carbocycles. The van der Waals surface area contributed by atoms with E-state index in [1.54, 1.807) is 0 Å². The lowest BCUT2D eigenvalue weighted by Crippen LogP contribution is -2.04. The Morgan fingerprint density at radius 2 is 1.50 bits per heavy atom. The van der Waals surface area contributed by atoms with Crippen LogP contribution in [0.2, 0.25) is 0 Å². The third-order valence-electron chi connectivity index (χ3n) is 3.53. The van der Waals surface area contributed by atoms with Gasteiger partial charge in [-0.15, -0.1) is 0 Å². The van der Waals surface area contributed by atoms with Crippen LogP contribution in [0.1, 0.15) is 65.2 Å². The summed E-state index contributed by atoms with van der Waals surface area (Å²) >= 11 is 0. The second kappa shape index (κ2) is 11.6. The van der Waals surface area contributed by atoms with Gasteiger partial charge in [0.2, 0.25) is 0 Å². The highest BCUT2D eigenvalue weighted by Gasteiger charge is 2.00. The van der Waals surface area contributed by atoms with E-state index in [2.05, 4.69) is 24.4 Å². The Morgan fingerprint density at radius 3 is 2.20 bits per heavy atom. The SMILES string of the molecule is CCCCCCCCCCNc1ccccc1OCC. The number of anilines is 1. The smallest absolute Gasteiger partial charge is 0.142 e. The molecule has 0 saturated heterocycles. The second-order valence-electron chi connectivity index (χ2n) is 5.33. The molecule has 0 aromatic heterocycles. The van der Waals surface area contributed by atoms with Gasteiger partial charge in [0.15, 0.2) is 0 Å². The quantitative estimate of drug-likeness (QED) is 0.499. The Labute approximate surface area is 124 Å². The van der Waals surface area contributed by atoms with E-state index < -0.39 is 0 Å². The molecule has 0 heterocycles. The predicted molar refractivity (Wildman–Crippen MR) is 88.7 cm³/mol. The van der Waals surface area contributed by atoms with Crippen LogP contribution in [0.5, 0.6) is 5.75 Å². The number of nitrogens with one attached hydrogen (secondary N) is 1. The van der Waals surface area contributed by atoms with Crippen LogP contribution in [0.4, 0.5) is 5.69 Å². The molecule has 0 amide bonds. The number of hydrogen-bond acceptors (Lipinski definition) is 2. The molecule has 1 aromatic carbocycles. The summed E-state index contributed by atoms with van der Waals surface area (Å²) in [5.41, 5.74) is 1.12. The van der Waals surface area contributed by atoms with E-state index in [1.165, 1.54) is 51.4 Å². The van der Waals surface area contributed by atoms with Crippen LogP contribution in [-0.4, -0.2) is 13.2 Å². The molecule has 0 aliphatic heterocycles. The van der Waals surface area contributed by atoms with E-state index in [9.17, 15) is 0 Å². The fourth-order valence-corrected chi connectivity index (χ4v) is 2.38. The normalized spacial score (nSPS) is 10.5. The molecule has 20 heavy (non-hydrogen) atoms. The molecule has 0 fully saturated rings. The van der Waals surface area contributed by atoms with Crippen LogP contribution in [0.15, 0.2) is 24.3 Å².